The summed E-state index contributed by atoms with van der Waals surface area (Å²) in [7, 11) is 0. The zero-order valence-corrected chi connectivity index (χ0v) is 14.9. The largest absolute Gasteiger partial charge is 0.444 e. The first-order valence-electron chi connectivity index (χ1n) is 7.98. The standard InChI is InChI=1S/C18H22ClNO4/c1-18(2,3)24-17(23)20-10-8-14(15(21)9-11-20)16(22)12-4-6-13(19)7-5-12/h4-7,14H,8-11H2,1-3H3. The zero-order chi connectivity index (χ0) is 17.9. The Hall–Kier alpha value is -1.88. The Morgan fingerprint density at radius 3 is 2.38 bits per heavy atom. The molecule has 2 rings (SSSR count). The number of likely N-dealkylation sites (tertiary alicyclic amines) is 1. The van der Waals surface area contributed by atoms with E-state index in [1.165, 1.54) is 4.90 Å². The molecular formula is C18H22ClNO4. The number of halogens is 1. The molecule has 6 heteroatoms. The van der Waals surface area contributed by atoms with E-state index in [0.717, 1.165) is 0 Å². The van der Waals surface area contributed by atoms with Gasteiger partial charge >= 0.3 is 6.09 Å². The third kappa shape index (κ3) is 4.81. The Morgan fingerprint density at radius 2 is 1.79 bits per heavy atom. The predicted molar refractivity (Wildman–Crippen MR) is 91.3 cm³/mol. The Balaban J connectivity index is 2.06. The number of carbonyl (C=O) groups excluding carboxylic acids is 3. The minimum absolute atomic E-state index is 0.138. The van der Waals surface area contributed by atoms with Crippen LogP contribution in [0.4, 0.5) is 4.79 Å². The summed E-state index contributed by atoms with van der Waals surface area (Å²) >= 11 is 5.83. The molecule has 1 amide bonds. The van der Waals surface area contributed by atoms with Crippen LogP contribution in [-0.2, 0) is 9.53 Å². The molecule has 1 aromatic carbocycles. The minimum Gasteiger partial charge on any atom is -0.444 e. The van der Waals surface area contributed by atoms with Gasteiger partial charge in [0.05, 0.1) is 5.92 Å². The van der Waals surface area contributed by atoms with Crippen LogP contribution in [0.5, 0.6) is 0 Å². The van der Waals surface area contributed by atoms with Crippen LogP contribution < -0.4 is 0 Å². The van der Waals surface area contributed by atoms with Crippen LogP contribution in [0, 0.1) is 5.92 Å². The van der Waals surface area contributed by atoms with Gasteiger partial charge in [0.15, 0.2) is 5.78 Å². The molecule has 0 bridgehead atoms. The Kier molecular flexibility index (Phi) is 5.65. The van der Waals surface area contributed by atoms with E-state index in [-0.39, 0.29) is 24.5 Å². The van der Waals surface area contributed by atoms with Crippen LogP contribution in [-0.4, -0.2) is 41.3 Å². The molecule has 0 radical (unpaired) electrons. The van der Waals surface area contributed by atoms with Gasteiger partial charge in [0, 0.05) is 30.1 Å². The van der Waals surface area contributed by atoms with Gasteiger partial charge in [-0.05, 0) is 51.5 Å². The fraction of sp³-hybridized carbons (Fsp3) is 0.500. The highest BCUT2D eigenvalue weighted by atomic mass is 35.5. The topological polar surface area (TPSA) is 63.7 Å². The number of Topliss-reactive ketones (excluding diaryl/α,β-unsaturated/α-hetero) is 2. The number of amides is 1. The van der Waals surface area contributed by atoms with Crippen molar-refractivity contribution < 1.29 is 19.1 Å². The van der Waals surface area contributed by atoms with Gasteiger partial charge in [-0.1, -0.05) is 11.6 Å². The first-order chi connectivity index (χ1) is 11.2. The second-order valence-electron chi connectivity index (χ2n) is 6.90. The van der Waals surface area contributed by atoms with Crippen LogP contribution in [0.3, 0.4) is 0 Å². The average molecular weight is 352 g/mol. The van der Waals surface area contributed by atoms with Crippen molar-refractivity contribution in [3.63, 3.8) is 0 Å². The van der Waals surface area contributed by atoms with Crippen molar-refractivity contribution in [3.8, 4) is 0 Å². The fourth-order valence-corrected chi connectivity index (χ4v) is 2.70. The van der Waals surface area contributed by atoms with Crippen LogP contribution in [0.2, 0.25) is 5.02 Å². The van der Waals surface area contributed by atoms with E-state index in [1.807, 2.05) is 0 Å². The number of carbonyl (C=O) groups is 3. The lowest BCUT2D eigenvalue weighted by atomic mass is 9.90. The summed E-state index contributed by atoms with van der Waals surface area (Å²) in [5, 5.41) is 0.537. The SMILES string of the molecule is CC(C)(C)OC(=O)N1CCC(=O)C(C(=O)c2ccc(Cl)cc2)CC1. The molecule has 1 aromatic rings. The molecule has 1 aliphatic heterocycles. The van der Waals surface area contributed by atoms with Gasteiger partial charge in [-0.15, -0.1) is 0 Å². The van der Waals surface area contributed by atoms with Crippen molar-refractivity contribution in [2.75, 3.05) is 13.1 Å². The molecule has 0 saturated carbocycles. The third-order valence-corrected chi connectivity index (χ3v) is 4.05. The van der Waals surface area contributed by atoms with Crippen molar-refractivity contribution in [1.29, 1.82) is 0 Å². The second kappa shape index (κ2) is 7.34. The van der Waals surface area contributed by atoms with Gasteiger partial charge in [-0.25, -0.2) is 4.79 Å². The second-order valence-corrected chi connectivity index (χ2v) is 7.33. The fourth-order valence-electron chi connectivity index (χ4n) is 2.58. The summed E-state index contributed by atoms with van der Waals surface area (Å²) in [4.78, 5) is 38.6. The number of rotatable bonds is 2. The van der Waals surface area contributed by atoms with Crippen LogP contribution in [0.15, 0.2) is 24.3 Å². The van der Waals surface area contributed by atoms with Crippen LogP contribution >= 0.6 is 11.6 Å². The van der Waals surface area contributed by atoms with Crippen molar-refractivity contribution in [2.24, 2.45) is 5.92 Å². The van der Waals surface area contributed by atoms with E-state index in [9.17, 15) is 14.4 Å². The predicted octanol–water partition coefficient (Wildman–Crippen LogP) is 3.74. The highest BCUT2D eigenvalue weighted by Gasteiger charge is 2.33. The number of hydrogen-bond acceptors (Lipinski definition) is 4. The zero-order valence-electron chi connectivity index (χ0n) is 14.2. The maximum absolute atomic E-state index is 12.6. The van der Waals surface area contributed by atoms with E-state index < -0.39 is 17.6 Å². The molecule has 130 valence electrons. The molecule has 1 heterocycles. The third-order valence-electron chi connectivity index (χ3n) is 3.80. The Bertz CT molecular complexity index is 633. The summed E-state index contributed by atoms with van der Waals surface area (Å²) in [6, 6.07) is 6.49. The van der Waals surface area contributed by atoms with Crippen LogP contribution in [0.1, 0.15) is 44.0 Å². The van der Waals surface area contributed by atoms with Gasteiger partial charge in [0.2, 0.25) is 0 Å². The van der Waals surface area contributed by atoms with Gasteiger partial charge in [-0.2, -0.15) is 0 Å². The minimum atomic E-state index is -0.724. The van der Waals surface area contributed by atoms with E-state index >= 15 is 0 Å². The van der Waals surface area contributed by atoms with E-state index in [2.05, 4.69) is 0 Å². The summed E-state index contributed by atoms with van der Waals surface area (Å²) in [6.07, 6.45) is 0.0119. The highest BCUT2D eigenvalue weighted by molar-refractivity contribution is 6.30. The van der Waals surface area contributed by atoms with Gasteiger partial charge in [0.1, 0.15) is 11.4 Å². The molecule has 5 nitrogen and oxygen atoms in total. The Morgan fingerprint density at radius 1 is 1.17 bits per heavy atom. The maximum Gasteiger partial charge on any atom is 0.410 e. The van der Waals surface area contributed by atoms with Crippen molar-refractivity contribution >= 4 is 29.3 Å². The summed E-state index contributed by atoms with van der Waals surface area (Å²) in [5.74, 6) is -1.08. The number of hydrogen-bond donors (Lipinski definition) is 0. The van der Waals surface area contributed by atoms with Crippen LogP contribution in [0.25, 0.3) is 0 Å². The molecule has 0 spiro atoms. The van der Waals surface area contributed by atoms with Crippen molar-refractivity contribution in [3.05, 3.63) is 34.9 Å². The summed E-state index contributed by atoms with van der Waals surface area (Å²) in [5.41, 5.74) is -0.130. The quantitative estimate of drug-likeness (QED) is 0.601. The normalized spacial score (nSPS) is 18.9. The van der Waals surface area contributed by atoms with Gasteiger partial charge in [0.25, 0.3) is 0 Å². The number of nitrogens with zero attached hydrogens (tertiary/aromatic N) is 1. The molecule has 0 aliphatic carbocycles. The summed E-state index contributed by atoms with van der Waals surface area (Å²) < 4.78 is 5.34. The molecule has 0 N–H and O–H groups in total. The number of ketones is 2. The molecule has 1 unspecified atom stereocenters. The molecule has 1 aliphatic rings. The van der Waals surface area contributed by atoms with Crippen molar-refractivity contribution in [2.45, 2.75) is 39.2 Å². The Labute approximate surface area is 146 Å². The molecule has 0 aromatic heterocycles. The molecule has 1 atom stereocenters. The lowest BCUT2D eigenvalue weighted by Crippen LogP contribution is -2.37. The van der Waals surface area contributed by atoms with E-state index in [1.54, 1.807) is 45.0 Å². The average Bonchev–Trinajstić information content (AvgIpc) is 2.67. The first kappa shape index (κ1) is 18.5. The first-order valence-corrected chi connectivity index (χ1v) is 8.35. The van der Waals surface area contributed by atoms with Gasteiger partial charge in [-0.3, -0.25) is 9.59 Å². The number of benzene rings is 1. The molecule has 1 saturated heterocycles. The van der Waals surface area contributed by atoms with Crippen molar-refractivity contribution in [1.82, 2.24) is 4.90 Å². The molecular weight excluding hydrogens is 330 g/mol. The lowest BCUT2D eigenvalue weighted by molar-refractivity contribution is -0.121. The lowest BCUT2D eigenvalue weighted by Gasteiger charge is -2.26. The van der Waals surface area contributed by atoms with E-state index in [4.69, 9.17) is 16.3 Å². The monoisotopic (exact) mass is 351 g/mol. The number of ether oxygens (including phenoxy) is 1. The molecule has 24 heavy (non-hydrogen) atoms. The highest BCUT2D eigenvalue weighted by Crippen LogP contribution is 2.22. The summed E-state index contributed by atoms with van der Waals surface area (Å²) in [6.45, 7) is 5.98. The molecule has 1 fully saturated rings. The van der Waals surface area contributed by atoms with E-state index in [0.29, 0.717) is 23.6 Å². The van der Waals surface area contributed by atoms with Gasteiger partial charge < -0.3 is 9.64 Å². The maximum atomic E-state index is 12.6. The smallest absolute Gasteiger partial charge is 0.410 e.